The first-order chi connectivity index (χ1) is 12.2. The van der Waals surface area contributed by atoms with Crippen molar-refractivity contribution in [3.8, 4) is 11.8 Å². The summed E-state index contributed by atoms with van der Waals surface area (Å²) in [5.41, 5.74) is 1.76. The Morgan fingerprint density at radius 3 is 2.76 bits per heavy atom. The van der Waals surface area contributed by atoms with Gasteiger partial charge in [0.05, 0.1) is 6.61 Å². The van der Waals surface area contributed by atoms with Gasteiger partial charge in [-0.2, -0.15) is 5.26 Å². The van der Waals surface area contributed by atoms with Gasteiger partial charge in [-0.1, -0.05) is 18.2 Å². The zero-order chi connectivity index (χ0) is 17.9. The van der Waals surface area contributed by atoms with Gasteiger partial charge in [-0.15, -0.1) is 0 Å². The number of carbonyl (C=O) groups excluding carboxylic acids is 1. The molecule has 0 spiro atoms. The number of aromatic nitrogens is 1. The van der Waals surface area contributed by atoms with Crippen molar-refractivity contribution in [2.45, 2.75) is 6.61 Å². The molecule has 1 aromatic heterocycles. The third kappa shape index (κ3) is 6.09. The van der Waals surface area contributed by atoms with Crippen LogP contribution in [0.4, 0.5) is 0 Å². The van der Waals surface area contributed by atoms with Gasteiger partial charge >= 0.3 is 0 Å². The van der Waals surface area contributed by atoms with E-state index in [4.69, 9.17) is 14.7 Å². The zero-order valence-electron chi connectivity index (χ0n) is 13.9. The third-order valence-corrected chi connectivity index (χ3v) is 3.28. The Bertz CT molecular complexity index is 750. The van der Waals surface area contributed by atoms with Crippen LogP contribution in [0.25, 0.3) is 6.08 Å². The molecule has 6 heteroatoms. The fraction of sp³-hybridized carbons (Fsp3) is 0.211. The molecule has 0 bridgehead atoms. The molecule has 1 heterocycles. The number of nitriles is 1. The van der Waals surface area contributed by atoms with Gasteiger partial charge in [0.2, 0.25) is 0 Å². The van der Waals surface area contributed by atoms with E-state index in [0.29, 0.717) is 25.5 Å². The van der Waals surface area contributed by atoms with Crippen molar-refractivity contribution < 1.29 is 14.3 Å². The number of ether oxygens (including phenoxy) is 2. The number of benzene rings is 1. The topological polar surface area (TPSA) is 84.2 Å². The van der Waals surface area contributed by atoms with Gasteiger partial charge < -0.3 is 14.8 Å². The molecule has 6 nitrogen and oxygen atoms in total. The lowest BCUT2D eigenvalue weighted by atomic mass is 10.1. The van der Waals surface area contributed by atoms with E-state index in [1.165, 1.54) is 6.08 Å². The molecule has 1 amide bonds. The van der Waals surface area contributed by atoms with Gasteiger partial charge in [0.15, 0.2) is 0 Å². The molecule has 0 saturated carbocycles. The van der Waals surface area contributed by atoms with E-state index >= 15 is 0 Å². The molecule has 2 rings (SSSR count). The lowest BCUT2D eigenvalue weighted by Gasteiger charge is -2.06. The van der Waals surface area contributed by atoms with Crippen LogP contribution < -0.4 is 10.1 Å². The fourth-order valence-corrected chi connectivity index (χ4v) is 1.99. The van der Waals surface area contributed by atoms with Crippen LogP contribution in [0.5, 0.6) is 5.75 Å². The van der Waals surface area contributed by atoms with Crippen molar-refractivity contribution >= 4 is 12.0 Å². The number of nitrogens with one attached hydrogen (secondary N) is 1. The minimum atomic E-state index is -0.420. The summed E-state index contributed by atoms with van der Waals surface area (Å²) in [6.45, 7) is 1.18. The fourth-order valence-electron chi connectivity index (χ4n) is 1.99. The van der Waals surface area contributed by atoms with Crippen molar-refractivity contribution in [3.05, 3.63) is 65.5 Å². The van der Waals surface area contributed by atoms with E-state index in [1.54, 1.807) is 43.8 Å². The minimum absolute atomic E-state index is 0.0418. The highest BCUT2D eigenvalue weighted by atomic mass is 16.5. The minimum Gasteiger partial charge on any atom is -0.489 e. The van der Waals surface area contributed by atoms with Crippen molar-refractivity contribution in [1.29, 1.82) is 5.26 Å². The summed E-state index contributed by atoms with van der Waals surface area (Å²) in [5, 5.41) is 11.8. The summed E-state index contributed by atoms with van der Waals surface area (Å²) in [4.78, 5) is 15.9. The first-order valence-corrected chi connectivity index (χ1v) is 7.73. The second-order valence-corrected chi connectivity index (χ2v) is 5.14. The number of carbonyl (C=O) groups is 1. The van der Waals surface area contributed by atoms with Crippen molar-refractivity contribution in [1.82, 2.24) is 10.3 Å². The van der Waals surface area contributed by atoms with Gasteiger partial charge in [-0.05, 0) is 29.8 Å². The SMILES string of the molecule is COCCNC(=O)C(C#N)=Cc1ccc(OCc2cccnc2)cc1. The average Bonchev–Trinajstić information content (AvgIpc) is 2.66. The largest absolute Gasteiger partial charge is 0.489 e. The zero-order valence-corrected chi connectivity index (χ0v) is 13.9. The molecule has 0 saturated heterocycles. The molecule has 0 unspecified atom stereocenters. The van der Waals surface area contributed by atoms with E-state index in [9.17, 15) is 4.79 Å². The molecule has 25 heavy (non-hydrogen) atoms. The normalized spacial score (nSPS) is 10.8. The number of nitrogens with zero attached hydrogens (tertiary/aromatic N) is 2. The lowest BCUT2D eigenvalue weighted by molar-refractivity contribution is -0.117. The molecule has 0 radical (unpaired) electrons. The van der Waals surface area contributed by atoms with Crippen LogP contribution in [-0.2, 0) is 16.1 Å². The molecule has 0 aliphatic carbocycles. The van der Waals surface area contributed by atoms with Crippen LogP contribution in [0.15, 0.2) is 54.4 Å². The lowest BCUT2D eigenvalue weighted by Crippen LogP contribution is -2.27. The van der Waals surface area contributed by atoms with Crippen LogP contribution in [-0.4, -0.2) is 31.2 Å². The summed E-state index contributed by atoms with van der Waals surface area (Å²) in [5.74, 6) is 0.278. The molecule has 2 aromatic rings. The Morgan fingerprint density at radius 1 is 1.32 bits per heavy atom. The van der Waals surface area contributed by atoms with Crippen LogP contribution in [0, 0.1) is 11.3 Å². The third-order valence-electron chi connectivity index (χ3n) is 3.28. The number of amides is 1. The molecule has 1 N–H and O–H groups in total. The molecule has 0 fully saturated rings. The van der Waals surface area contributed by atoms with Gasteiger partial charge in [0, 0.05) is 31.6 Å². The number of pyridine rings is 1. The van der Waals surface area contributed by atoms with Gasteiger partial charge in [0.1, 0.15) is 24.0 Å². The van der Waals surface area contributed by atoms with Crippen molar-refractivity contribution in [3.63, 3.8) is 0 Å². The second kappa shape index (κ2) is 9.85. The Labute approximate surface area is 146 Å². The number of rotatable bonds is 8. The molecule has 1 aromatic carbocycles. The van der Waals surface area contributed by atoms with Crippen molar-refractivity contribution in [2.75, 3.05) is 20.3 Å². The van der Waals surface area contributed by atoms with Gasteiger partial charge in [0.25, 0.3) is 5.91 Å². The van der Waals surface area contributed by atoms with Crippen LogP contribution in [0.1, 0.15) is 11.1 Å². The van der Waals surface area contributed by atoms with Crippen LogP contribution in [0.3, 0.4) is 0 Å². The Hall–Kier alpha value is -3.17. The highest BCUT2D eigenvalue weighted by Crippen LogP contribution is 2.16. The summed E-state index contributed by atoms with van der Waals surface area (Å²) in [6, 6.07) is 12.9. The van der Waals surface area contributed by atoms with Gasteiger partial charge in [-0.3, -0.25) is 9.78 Å². The van der Waals surface area contributed by atoms with Crippen LogP contribution >= 0.6 is 0 Å². The molecular formula is C19H19N3O3. The smallest absolute Gasteiger partial charge is 0.262 e. The number of hydrogen-bond donors (Lipinski definition) is 1. The number of methoxy groups -OCH3 is 1. The maximum Gasteiger partial charge on any atom is 0.262 e. The summed E-state index contributed by atoms with van der Waals surface area (Å²) >= 11 is 0. The predicted molar refractivity (Wildman–Crippen MR) is 93.5 cm³/mol. The van der Waals surface area contributed by atoms with E-state index < -0.39 is 5.91 Å². The highest BCUT2D eigenvalue weighted by molar-refractivity contribution is 6.01. The molecule has 0 atom stereocenters. The number of hydrogen-bond acceptors (Lipinski definition) is 5. The Balaban J connectivity index is 1.95. The second-order valence-electron chi connectivity index (χ2n) is 5.14. The highest BCUT2D eigenvalue weighted by Gasteiger charge is 2.08. The van der Waals surface area contributed by atoms with E-state index in [-0.39, 0.29) is 5.57 Å². The van der Waals surface area contributed by atoms with E-state index in [2.05, 4.69) is 10.3 Å². The van der Waals surface area contributed by atoms with Crippen molar-refractivity contribution in [2.24, 2.45) is 0 Å². The van der Waals surface area contributed by atoms with Crippen LogP contribution in [0.2, 0.25) is 0 Å². The van der Waals surface area contributed by atoms with E-state index in [0.717, 1.165) is 11.1 Å². The summed E-state index contributed by atoms with van der Waals surface area (Å²) in [6.07, 6.45) is 4.99. The van der Waals surface area contributed by atoms with E-state index in [1.807, 2.05) is 18.2 Å². The standard InChI is InChI=1S/C19H19N3O3/c1-24-10-9-22-19(23)17(12-20)11-15-4-6-18(7-5-15)25-14-16-3-2-8-21-13-16/h2-8,11,13H,9-10,14H2,1H3,(H,22,23). The molecule has 128 valence electrons. The monoisotopic (exact) mass is 337 g/mol. The molecule has 0 aliphatic rings. The average molecular weight is 337 g/mol. The maximum atomic E-state index is 11.9. The quantitative estimate of drug-likeness (QED) is 0.454. The first kappa shape index (κ1) is 18.2. The maximum absolute atomic E-state index is 11.9. The predicted octanol–water partition coefficient (Wildman–Crippen LogP) is 2.33. The Kier molecular flexibility index (Phi) is 7.16. The summed E-state index contributed by atoms with van der Waals surface area (Å²) in [7, 11) is 1.55. The Morgan fingerprint density at radius 2 is 2.12 bits per heavy atom. The van der Waals surface area contributed by atoms with Gasteiger partial charge in [-0.25, -0.2) is 0 Å². The molecule has 0 aliphatic heterocycles. The molecular weight excluding hydrogens is 318 g/mol. The summed E-state index contributed by atoms with van der Waals surface area (Å²) < 4.78 is 10.5. The first-order valence-electron chi connectivity index (χ1n) is 7.73.